The second kappa shape index (κ2) is 5.59. The molecule has 1 atom stereocenters. The van der Waals surface area contributed by atoms with Gasteiger partial charge in [-0.1, -0.05) is 35.3 Å². The van der Waals surface area contributed by atoms with Crippen molar-refractivity contribution in [2.24, 2.45) is 0 Å². The molecule has 0 fully saturated rings. The van der Waals surface area contributed by atoms with Crippen LogP contribution in [0.2, 0.25) is 10.0 Å². The molecular weight excluding hydrogens is 272 g/mol. The number of benzene rings is 2. The molecule has 1 unspecified atom stereocenters. The van der Waals surface area contributed by atoms with E-state index in [1.165, 1.54) is 12.1 Å². The lowest BCUT2D eigenvalue weighted by molar-refractivity contribution is 0.627. The van der Waals surface area contributed by atoms with Crippen LogP contribution >= 0.6 is 23.2 Å². The Kier molecular flexibility index (Phi) is 4.10. The Labute approximate surface area is 116 Å². The lowest BCUT2D eigenvalue weighted by atomic mass is 10.1. The molecule has 0 aliphatic rings. The van der Waals surface area contributed by atoms with E-state index in [1.54, 1.807) is 12.1 Å². The molecule has 2 rings (SSSR count). The first-order chi connectivity index (χ1) is 8.56. The van der Waals surface area contributed by atoms with E-state index in [9.17, 15) is 4.39 Å². The maximum absolute atomic E-state index is 13.6. The lowest BCUT2D eigenvalue weighted by Gasteiger charge is -2.16. The first-order valence-corrected chi connectivity index (χ1v) is 6.29. The van der Waals surface area contributed by atoms with Gasteiger partial charge in [0, 0.05) is 16.1 Å². The van der Waals surface area contributed by atoms with Crippen molar-refractivity contribution in [3.8, 4) is 0 Å². The normalized spacial score (nSPS) is 12.2. The van der Waals surface area contributed by atoms with Crippen LogP contribution in [-0.2, 0) is 0 Å². The van der Waals surface area contributed by atoms with Gasteiger partial charge in [0.05, 0.1) is 5.69 Å². The maximum Gasteiger partial charge on any atom is 0.146 e. The van der Waals surface area contributed by atoms with Gasteiger partial charge < -0.3 is 5.32 Å². The third-order valence-corrected chi connectivity index (χ3v) is 3.12. The summed E-state index contributed by atoms with van der Waals surface area (Å²) in [6.07, 6.45) is 0. The third-order valence-electron chi connectivity index (χ3n) is 2.65. The second-order valence-electron chi connectivity index (χ2n) is 4.05. The van der Waals surface area contributed by atoms with Crippen molar-refractivity contribution in [3.63, 3.8) is 0 Å². The van der Waals surface area contributed by atoms with E-state index in [1.807, 2.05) is 25.1 Å². The highest BCUT2D eigenvalue weighted by Crippen LogP contribution is 2.25. The first kappa shape index (κ1) is 13.2. The van der Waals surface area contributed by atoms with Crippen molar-refractivity contribution in [2.75, 3.05) is 5.32 Å². The highest BCUT2D eigenvalue weighted by Gasteiger charge is 2.09. The summed E-state index contributed by atoms with van der Waals surface area (Å²) in [6, 6.07) is 11.8. The molecule has 1 N–H and O–H groups in total. The van der Waals surface area contributed by atoms with Crippen LogP contribution in [0.3, 0.4) is 0 Å². The van der Waals surface area contributed by atoms with Crippen LogP contribution in [0.4, 0.5) is 10.1 Å². The number of hydrogen-bond donors (Lipinski definition) is 1. The Morgan fingerprint density at radius 3 is 2.50 bits per heavy atom. The van der Waals surface area contributed by atoms with Gasteiger partial charge in [-0.25, -0.2) is 4.39 Å². The molecule has 4 heteroatoms. The van der Waals surface area contributed by atoms with Gasteiger partial charge in [0.1, 0.15) is 5.82 Å². The molecule has 94 valence electrons. The molecule has 1 nitrogen and oxygen atoms in total. The predicted octanol–water partition coefficient (Wildman–Crippen LogP) is 5.31. The van der Waals surface area contributed by atoms with Crippen LogP contribution in [-0.4, -0.2) is 0 Å². The van der Waals surface area contributed by atoms with Crippen molar-refractivity contribution < 1.29 is 4.39 Å². The van der Waals surface area contributed by atoms with Gasteiger partial charge in [0.2, 0.25) is 0 Å². The topological polar surface area (TPSA) is 12.0 Å². The number of hydrogen-bond acceptors (Lipinski definition) is 1. The number of nitrogens with one attached hydrogen (secondary N) is 1. The van der Waals surface area contributed by atoms with Crippen molar-refractivity contribution in [2.45, 2.75) is 13.0 Å². The van der Waals surface area contributed by atoms with E-state index in [4.69, 9.17) is 23.2 Å². The maximum atomic E-state index is 13.6. The van der Waals surface area contributed by atoms with Gasteiger partial charge >= 0.3 is 0 Å². The minimum Gasteiger partial charge on any atom is -0.376 e. The Morgan fingerprint density at radius 1 is 1.06 bits per heavy atom. The summed E-state index contributed by atoms with van der Waals surface area (Å²) in [7, 11) is 0. The van der Waals surface area contributed by atoms with Crippen LogP contribution in [0.25, 0.3) is 0 Å². The predicted molar refractivity (Wildman–Crippen MR) is 74.9 cm³/mol. The molecule has 0 saturated heterocycles. The minimum atomic E-state index is -0.326. The third kappa shape index (κ3) is 3.15. The van der Waals surface area contributed by atoms with Gasteiger partial charge in [-0.2, -0.15) is 0 Å². The highest BCUT2D eigenvalue weighted by atomic mass is 35.5. The van der Waals surface area contributed by atoms with E-state index in [2.05, 4.69) is 5.32 Å². The molecular formula is C14H12Cl2FN. The average Bonchev–Trinajstić information content (AvgIpc) is 2.34. The molecule has 2 aromatic carbocycles. The van der Waals surface area contributed by atoms with Crippen molar-refractivity contribution >= 4 is 28.9 Å². The molecule has 2 aromatic rings. The highest BCUT2D eigenvalue weighted by molar-refractivity contribution is 6.31. The van der Waals surface area contributed by atoms with Crippen LogP contribution in [0.5, 0.6) is 0 Å². The second-order valence-corrected chi connectivity index (χ2v) is 4.92. The van der Waals surface area contributed by atoms with Gasteiger partial charge in [-0.3, -0.25) is 0 Å². The van der Waals surface area contributed by atoms with Gasteiger partial charge in [-0.15, -0.1) is 0 Å². The fourth-order valence-electron chi connectivity index (χ4n) is 1.70. The van der Waals surface area contributed by atoms with Gasteiger partial charge in [-0.05, 0) is 42.8 Å². The van der Waals surface area contributed by atoms with E-state index in [-0.39, 0.29) is 11.9 Å². The van der Waals surface area contributed by atoms with Crippen LogP contribution in [0, 0.1) is 5.82 Å². The van der Waals surface area contributed by atoms with Crippen LogP contribution in [0.1, 0.15) is 18.5 Å². The molecule has 0 spiro atoms. The summed E-state index contributed by atoms with van der Waals surface area (Å²) >= 11 is 11.8. The SMILES string of the molecule is CC(Nc1cc(Cl)ccc1F)c1cccc(Cl)c1. The zero-order chi connectivity index (χ0) is 13.1. The smallest absolute Gasteiger partial charge is 0.146 e. The molecule has 18 heavy (non-hydrogen) atoms. The fourth-order valence-corrected chi connectivity index (χ4v) is 2.07. The molecule has 0 heterocycles. The number of anilines is 1. The minimum absolute atomic E-state index is 0.0586. The Balaban J connectivity index is 2.21. The quantitative estimate of drug-likeness (QED) is 0.805. The van der Waals surface area contributed by atoms with Crippen LogP contribution in [0.15, 0.2) is 42.5 Å². The van der Waals surface area contributed by atoms with E-state index in [0.29, 0.717) is 15.7 Å². The molecule has 0 aromatic heterocycles. The standard InChI is InChI=1S/C14H12Cl2FN/c1-9(10-3-2-4-11(15)7-10)18-14-8-12(16)5-6-13(14)17/h2-9,18H,1H3. The summed E-state index contributed by atoms with van der Waals surface area (Å²) < 4.78 is 13.6. The van der Waals surface area contributed by atoms with E-state index in [0.717, 1.165) is 5.56 Å². The van der Waals surface area contributed by atoms with Crippen molar-refractivity contribution in [1.82, 2.24) is 0 Å². The summed E-state index contributed by atoms with van der Waals surface area (Å²) in [5, 5.41) is 4.23. The van der Waals surface area contributed by atoms with Gasteiger partial charge in [0.15, 0.2) is 0 Å². The molecule has 0 radical (unpaired) electrons. The van der Waals surface area contributed by atoms with Crippen LogP contribution < -0.4 is 5.32 Å². The summed E-state index contributed by atoms with van der Waals surface area (Å²) in [5.74, 6) is -0.326. The monoisotopic (exact) mass is 283 g/mol. The Bertz CT molecular complexity index is 557. The van der Waals surface area contributed by atoms with E-state index >= 15 is 0 Å². The average molecular weight is 284 g/mol. The Hall–Kier alpha value is -1.25. The molecule has 0 aliphatic carbocycles. The molecule has 0 aliphatic heterocycles. The van der Waals surface area contributed by atoms with Gasteiger partial charge in [0.25, 0.3) is 0 Å². The lowest BCUT2D eigenvalue weighted by Crippen LogP contribution is -2.07. The van der Waals surface area contributed by atoms with Crippen molar-refractivity contribution in [1.29, 1.82) is 0 Å². The molecule has 0 bridgehead atoms. The summed E-state index contributed by atoms with van der Waals surface area (Å²) in [5.41, 5.74) is 1.37. The largest absolute Gasteiger partial charge is 0.376 e. The first-order valence-electron chi connectivity index (χ1n) is 5.53. The summed E-state index contributed by atoms with van der Waals surface area (Å²) in [6.45, 7) is 1.94. The van der Waals surface area contributed by atoms with E-state index < -0.39 is 0 Å². The number of rotatable bonds is 3. The van der Waals surface area contributed by atoms with Crippen molar-refractivity contribution in [3.05, 3.63) is 63.9 Å². The zero-order valence-corrected chi connectivity index (χ0v) is 11.3. The Morgan fingerprint density at radius 2 is 1.78 bits per heavy atom. The zero-order valence-electron chi connectivity index (χ0n) is 9.75. The number of halogens is 3. The summed E-state index contributed by atoms with van der Waals surface area (Å²) in [4.78, 5) is 0. The molecule has 0 amide bonds. The molecule has 0 saturated carbocycles. The fraction of sp³-hybridized carbons (Fsp3) is 0.143.